The number of likely N-dealkylation sites (tertiary alicyclic amines) is 1. The molecule has 270 valence electrons. The average molecular weight is 745 g/mol. The number of carboxylic acids is 1. The van der Waals surface area contributed by atoms with Gasteiger partial charge in [-0.25, -0.2) is 4.79 Å². The van der Waals surface area contributed by atoms with Crippen LogP contribution in [-0.2, 0) is 45.8 Å². The van der Waals surface area contributed by atoms with Gasteiger partial charge < -0.3 is 26.2 Å². The molecule has 0 spiro atoms. The number of hydrogen-bond donors (Lipinski definition) is 6. The minimum atomic E-state index is -3.98. The highest BCUT2D eigenvalue weighted by molar-refractivity contribution is 8.76. The first-order valence-corrected chi connectivity index (χ1v) is 20.8. The molecule has 0 radical (unpaired) electrons. The highest BCUT2D eigenvalue weighted by atomic mass is 33.1. The summed E-state index contributed by atoms with van der Waals surface area (Å²) >= 11 is 0. The van der Waals surface area contributed by atoms with Crippen LogP contribution in [0.2, 0.25) is 0 Å². The van der Waals surface area contributed by atoms with Crippen LogP contribution in [0.5, 0.6) is 0 Å². The first-order valence-electron chi connectivity index (χ1n) is 15.1. The maximum Gasteiger partial charge on any atom is 0.326 e. The number of hydrogen-bond acceptors (Lipinski definition) is 13. The average Bonchev–Trinajstić information content (AvgIpc) is 3.50. The van der Waals surface area contributed by atoms with Crippen molar-refractivity contribution >= 4 is 59.7 Å². The predicted molar refractivity (Wildman–Crippen MR) is 183 cm³/mol. The molecule has 15 nitrogen and oxygen atoms in total. The number of rotatable bonds is 20. The van der Waals surface area contributed by atoms with E-state index in [4.69, 9.17) is 25.3 Å². The largest absolute Gasteiger partial charge is 0.480 e. The minimum Gasteiger partial charge on any atom is -0.480 e. The van der Waals surface area contributed by atoms with Crippen molar-refractivity contribution in [3.8, 4) is 0 Å². The van der Waals surface area contributed by atoms with Crippen molar-refractivity contribution in [2.75, 3.05) is 36.2 Å². The zero-order valence-electron chi connectivity index (χ0n) is 26.6. The maximum absolute atomic E-state index is 12.7. The van der Waals surface area contributed by atoms with E-state index in [1.807, 2.05) is 30.3 Å². The highest BCUT2D eigenvalue weighted by Crippen LogP contribution is 2.23. The van der Waals surface area contributed by atoms with Gasteiger partial charge in [0.2, 0.25) is 5.91 Å². The molecule has 1 heterocycles. The van der Waals surface area contributed by atoms with Gasteiger partial charge in [-0.15, -0.1) is 0 Å². The molecule has 1 aromatic rings. The monoisotopic (exact) mass is 744 g/mol. The molecule has 0 unspecified atom stereocenters. The molecule has 1 fully saturated rings. The molecular weight excluding hydrogens is 697 g/mol. The van der Waals surface area contributed by atoms with Gasteiger partial charge in [-0.2, -0.15) is 16.8 Å². The number of nitrogens with two attached hydrogens (primary N) is 2. The molecule has 47 heavy (non-hydrogen) atoms. The van der Waals surface area contributed by atoms with Gasteiger partial charge >= 0.3 is 11.9 Å². The smallest absolute Gasteiger partial charge is 0.326 e. The van der Waals surface area contributed by atoms with E-state index >= 15 is 0 Å². The van der Waals surface area contributed by atoms with Gasteiger partial charge in [-0.05, 0) is 57.9 Å². The van der Waals surface area contributed by atoms with Gasteiger partial charge in [0.05, 0.1) is 24.2 Å². The number of nitrogens with zero attached hydrogens (tertiary/aromatic N) is 1. The Hall–Kier alpha value is -1.97. The molecular formula is C28H48N4O11S4. The number of benzene rings is 1. The number of amides is 1. The highest BCUT2D eigenvalue weighted by Gasteiger charge is 2.37. The summed E-state index contributed by atoms with van der Waals surface area (Å²) in [6, 6.07) is 6.97. The molecule has 0 saturated carbocycles. The Bertz CT molecular complexity index is 1280. The number of esters is 1. The van der Waals surface area contributed by atoms with E-state index in [0.29, 0.717) is 43.7 Å². The summed E-state index contributed by atoms with van der Waals surface area (Å²) in [5, 5.41) is 12.3. The van der Waals surface area contributed by atoms with Crippen LogP contribution in [0.4, 0.5) is 0 Å². The predicted octanol–water partition coefficient (Wildman–Crippen LogP) is 1.18. The summed E-state index contributed by atoms with van der Waals surface area (Å²) in [5.41, 5.74) is 12.4. The Morgan fingerprint density at radius 2 is 1.51 bits per heavy atom. The third-order valence-corrected chi connectivity index (χ3v) is 11.0. The van der Waals surface area contributed by atoms with Crippen molar-refractivity contribution in [1.82, 2.24) is 10.2 Å². The number of aryl methyl sites for hydroxylation is 1. The van der Waals surface area contributed by atoms with Crippen LogP contribution >= 0.6 is 21.6 Å². The van der Waals surface area contributed by atoms with E-state index < -0.39 is 50.3 Å². The summed E-state index contributed by atoms with van der Waals surface area (Å²) < 4.78 is 64.3. The molecule has 19 heteroatoms. The first kappa shape index (κ1) is 43.1. The second-order valence-electron chi connectivity index (χ2n) is 11.0. The fourth-order valence-corrected chi connectivity index (χ4v) is 8.12. The fourth-order valence-electron chi connectivity index (χ4n) is 4.42. The van der Waals surface area contributed by atoms with Crippen LogP contribution in [-0.4, -0.2) is 120 Å². The van der Waals surface area contributed by atoms with E-state index in [1.54, 1.807) is 13.8 Å². The molecule has 1 aliphatic rings. The topological polar surface area (TPSA) is 257 Å². The lowest BCUT2D eigenvalue weighted by atomic mass is 10.0. The van der Waals surface area contributed by atoms with Crippen molar-refractivity contribution < 1.29 is 50.2 Å². The third kappa shape index (κ3) is 19.6. The Kier molecular flexibility index (Phi) is 20.0. The van der Waals surface area contributed by atoms with E-state index in [2.05, 4.69) is 5.32 Å². The molecule has 0 bridgehead atoms. The molecule has 8 N–H and O–H groups in total. The quantitative estimate of drug-likeness (QED) is 0.0474. The number of aliphatic carboxylic acids is 1. The summed E-state index contributed by atoms with van der Waals surface area (Å²) in [7, 11) is -5.17. The number of carbonyl (C=O) groups is 3. The minimum absolute atomic E-state index is 0.168. The summed E-state index contributed by atoms with van der Waals surface area (Å²) in [5.74, 6) is -1.44. The first-order chi connectivity index (χ1) is 21.9. The van der Waals surface area contributed by atoms with Gasteiger partial charge in [0, 0.05) is 30.1 Å². The number of nitrogens with one attached hydrogen (secondary N) is 1. The Balaban J connectivity index is 0.000000494. The van der Waals surface area contributed by atoms with Gasteiger partial charge in [-0.3, -0.25) is 24.0 Å². The van der Waals surface area contributed by atoms with Crippen LogP contribution in [0.3, 0.4) is 0 Å². The van der Waals surface area contributed by atoms with Gasteiger partial charge in [0.15, 0.2) is 0 Å². The molecule has 1 amide bonds. The zero-order valence-corrected chi connectivity index (χ0v) is 29.9. The normalized spacial score (nSPS) is 17.6. The van der Waals surface area contributed by atoms with Crippen molar-refractivity contribution in [2.24, 2.45) is 11.5 Å². The lowest BCUT2D eigenvalue weighted by Crippen LogP contribution is -2.53. The van der Waals surface area contributed by atoms with Crippen LogP contribution in [0.25, 0.3) is 0 Å². The molecule has 1 saturated heterocycles. The number of ether oxygens (including phenoxy) is 1. The Morgan fingerprint density at radius 3 is 1.98 bits per heavy atom. The fraction of sp³-hybridized carbons (Fsp3) is 0.679. The van der Waals surface area contributed by atoms with Crippen molar-refractivity contribution in [3.63, 3.8) is 0 Å². The van der Waals surface area contributed by atoms with Crippen LogP contribution < -0.4 is 16.8 Å². The van der Waals surface area contributed by atoms with Crippen LogP contribution in [0.1, 0.15) is 51.5 Å². The molecule has 2 rings (SSSR count). The summed E-state index contributed by atoms with van der Waals surface area (Å²) in [4.78, 5) is 37.7. The molecule has 5 atom stereocenters. The molecule has 1 aromatic carbocycles. The zero-order chi connectivity index (χ0) is 35.6. The maximum atomic E-state index is 12.7. The molecule has 1 aliphatic heterocycles. The third-order valence-electron chi connectivity index (χ3n) is 6.92. The van der Waals surface area contributed by atoms with Crippen LogP contribution in [0.15, 0.2) is 30.3 Å². The lowest BCUT2D eigenvalue weighted by Gasteiger charge is -2.27. The van der Waals surface area contributed by atoms with E-state index in [9.17, 15) is 36.3 Å². The Labute approximate surface area is 285 Å². The Morgan fingerprint density at radius 1 is 0.979 bits per heavy atom. The van der Waals surface area contributed by atoms with Crippen LogP contribution in [0, 0.1) is 0 Å². The summed E-state index contributed by atoms with van der Waals surface area (Å²) in [6.45, 7) is 4.09. The molecule has 0 aliphatic carbocycles. The van der Waals surface area contributed by atoms with Crippen molar-refractivity contribution in [1.29, 1.82) is 0 Å². The SMILES string of the molecule is CCOC(=O)[C@H](CCc1ccccc1)N[C@@H](C)C(=O)N1CCC[C@H]1C(=O)O.N[C@@H](CCS(=O)(=O)O)CSSC[C@@H](N)CCS(=O)(=O)O. The second kappa shape index (κ2) is 21.9. The second-order valence-corrected chi connectivity index (χ2v) is 16.7. The van der Waals surface area contributed by atoms with Crippen molar-refractivity contribution in [3.05, 3.63) is 35.9 Å². The van der Waals surface area contributed by atoms with Gasteiger partial charge in [-0.1, -0.05) is 51.9 Å². The van der Waals surface area contributed by atoms with Gasteiger partial charge in [0.1, 0.15) is 12.1 Å². The number of carbonyl (C=O) groups excluding carboxylic acids is 2. The van der Waals surface area contributed by atoms with E-state index in [0.717, 1.165) is 5.56 Å². The van der Waals surface area contributed by atoms with E-state index in [1.165, 1.54) is 26.5 Å². The number of carboxylic acid groups (broad SMARTS) is 1. The standard InChI is InChI=1S/C20H28N2O5.C8H20N2O6S4/c1-3-27-20(26)16(12-11-15-8-5-4-6-9-15)21-14(2)18(23)22-13-7-10-17(22)19(24)25;9-7(1-3-19(11,12)13)5-17-18-6-8(10)2-4-20(14,15)16/h4-6,8-9,14,16-17,21H,3,7,10-13H2,1-2H3,(H,24,25);7-8H,1-6,9-10H2,(H,11,12,13)(H,14,15,16)/t14-,16-,17-;7-,8-/m00/s1. The van der Waals surface area contributed by atoms with Gasteiger partial charge in [0.25, 0.3) is 20.2 Å². The van der Waals surface area contributed by atoms with E-state index in [-0.39, 0.29) is 48.9 Å². The summed E-state index contributed by atoms with van der Waals surface area (Å²) in [6.07, 6.45) is 2.62. The lowest BCUT2D eigenvalue weighted by molar-refractivity contribution is -0.150. The molecule has 0 aromatic heterocycles. The van der Waals surface area contributed by atoms with Crippen molar-refractivity contribution in [2.45, 2.75) is 82.6 Å².